The van der Waals surface area contributed by atoms with Gasteiger partial charge < -0.3 is 14.8 Å². The van der Waals surface area contributed by atoms with Crippen molar-refractivity contribution >= 4 is 11.9 Å². The van der Waals surface area contributed by atoms with Crippen LogP contribution in [0.25, 0.3) is 0 Å². The van der Waals surface area contributed by atoms with Crippen LogP contribution in [0.2, 0.25) is 0 Å². The quantitative estimate of drug-likeness (QED) is 0.819. The van der Waals surface area contributed by atoms with E-state index >= 15 is 0 Å². The van der Waals surface area contributed by atoms with E-state index in [2.05, 4.69) is 5.32 Å². The molecule has 26 heavy (non-hydrogen) atoms. The van der Waals surface area contributed by atoms with Gasteiger partial charge in [0.05, 0.1) is 12.7 Å². The number of amides is 1. The lowest BCUT2D eigenvalue weighted by atomic mass is 9.54. The summed E-state index contributed by atoms with van der Waals surface area (Å²) in [5.41, 5.74) is -0.201. The molecule has 5 nitrogen and oxygen atoms in total. The lowest BCUT2D eigenvalue weighted by Gasteiger charge is -2.54. The Kier molecular flexibility index (Phi) is 4.59. The van der Waals surface area contributed by atoms with Crippen LogP contribution in [0, 0.1) is 29.5 Å². The zero-order chi connectivity index (χ0) is 18.3. The van der Waals surface area contributed by atoms with Crippen LogP contribution in [-0.2, 0) is 9.53 Å². The van der Waals surface area contributed by atoms with Crippen LogP contribution in [0.15, 0.2) is 18.2 Å². The maximum atomic E-state index is 13.9. The molecule has 0 atom stereocenters. The molecule has 0 heterocycles. The van der Waals surface area contributed by atoms with Crippen LogP contribution in [0.3, 0.4) is 0 Å². The first-order valence-electron chi connectivity index (χ1n) is 9.33. The molecule has 1 aromatic rings. The average Bonchev–Trinajstić information content (AvgIpc) is 2.62. The molecule has 1 aromatic carbocycles. The molecule has 4 bridgehead atoms. The van der Waals surface area contributed by atoms with Crippen molar-refractivity contribution in [2.24, 2.45) is 23.7 Å². The third kappa shape index (κ3) is 3.29. The van der Waals surface area contributed by atoms with Crippen LogP contribution in [-0.4, -0.2) is 31.6 Å². The minimum absolute atomic E-state index is 0.201. The van der Waals surface area contributed by atoms with E-state index in [-0.39, 0.29) is 24.1 Å². The Morgan fingerprint density at radius 2 is 1.77 bits per heavy atom. The van der Waals surface area contributed by atoms with Crippen LogP contribution in [0.5, 0.6) is 5.75 Å². The third-order valence-electron chi connectivity index (χ3n) is 6.28. The van der Waals surface area contributed by atoms with Crippen molar-refractivity contribution in [2.45, 2.75) is 38.1 Å². The third-order valence-corrected chi connectivity index (χ3v) is 6.28. The number of carbonyl (C=O) groups is 2. The second-order valence-corrected chi connectivity index (χ2v) is 7.95. The van der Waals surface area contributed by atoms with Crippen LogP contribution in [0.4, 0.5) is 4.39 Å². The van der Waals surface area contributed by atoms with Gasteiger partial charge in [0.15, 0.2) is 6.61 Å². The van der Waals surface area contributed by atoms with E-state index in [9.17, 15) is 14.0 Å². The summed E-state index contributed by atoms with van der Waals surface area (Å²) in [6.45, 7) is -0.382. The normalized spacial score (nSPS) is 31.5. The molecule has 4 fully saturated rings. The molecule has 4 saturated carbocycles. The highest BCUT2D eigenvalue weighted by molar-refractivity contribution is 5.91. The summed E-state index contributed by atoms with van der Waals surface area (Å²) < 4.78 is 23.8. The van der Waals surface area contributed by atoms with Gasteiger partial charge in [-0.05, 0) is 67.9 Å². The Morgan fingerprint density at radius 1 is 1.12 bits per heavy atom. The lowest BCUT2D eigenvalue weighted by molar-refractivity contribution is -0.128. The fraction of sp³-hybridized carbons (Fsp3) is 0.600. The molecular formula is C20H24FNO4. The van der Waals surface area contributed by atoms with Gasteiger partial charge in [-0.2, -0.15) is 0 Å². The molecule has 1 N–H and O–H groups in total. The molecule has 1 amide bonds. The molecule has 0 spiro atoms. The van der Waals surface area contributed by atoms with Crippen molar-refractivity contribution in [2.75, 3.05) is 13.7 Å². The summed E-state index contributed by atoms with van der Waals surface area (Å²) in [5, 5.41) is 3.07. The SMILES string of the molecule is COc1ccc(C(=O)OCC(=O)NC2C3CC4CC(C3)CC2C4)c(F)c1. The second kappa shape index (κ2) is 6.89. The molecule has 0 saturated heterocycles. The number of esters is 1. The van der Waals surface area contributed by atoms with Crippen molar-refractivity contribution in [3.8, 4) is 5.75 Å². The van der Waals surface area contributed by atoms with Crippen LogP contribution >= 0.6 is 0 Å². The maximum Gasteiger partial charge on any atom is 0.341 e. The predicted molar refractivity (Wildman–Crippen MR) is 92.2 cm³/mol. The number of hydrogen-bond acceptors (Lipinski definition) is 4. The zero-order valence-electron chi connectivity index (χ0n) is 14.9. The van der Waals surface area contributed by atoms with Crippen molar-refractivity contribution in [3.05, 3.63) is 29.6 Å². The van der Waals surface area contributed by atoms with Gasteiger partial charge in [-0.25, -0.2) is 9.18 Å². The molecule has 4 aliphatic rings. The second-order valence-electron chi connectivity index (χ2n) is 7.95. The smallest absolute Gasteiger partial charge is 0.341 e. The van der Waals surface area contributed by atoms with E-state index in [0.717, 1.165) is 17.9 Å². The van der Waals surface area contributed by atoms with Crippen molar-refractivity contribution in [1.29, 1.82) is 0 Å². The van der Waals surface area contributed by atoms with Gasteiger partial charge in [-0.1, -0.05) is 0 Å². The number of nitrogens with one attached hydrogen (secondary N) is 1. The minimum atomic E-state index is -0.842. The summed E-state index contributed by atoms with van der Waals surface area (Å²) in [7, 11) is 1.42. The Morgan fingerprint density at radius 3 is 2.35 bits per heavy atom. The highest BCUT2D eigenvalue weighted by Crippen LogP contribution is 2.53. The number of benzene rings is 1. The summed E-state index contributed by atoms with van der Waals surface area (Å²) in [4.78, 5) is 24.3. The Hall–Kier alpha value is -2.11. The Labute approximate surface area is 152 Å². The van der Waals surface area contributed by atoms with Gasteiger partial charge in [-0.3, -0.25) is 4.79 Å². The number of carbonyl (C=O) groups excluding carboxylic acids is 2. The van der Waals surface area contributed by atoms with Crippen molar-refractivity contribution in [1.82, 2.24) is 5.32 Å². The average molecular weight is 361 g/mol. The number of rotatable bonds is 5. The standard InChI is InChI=1S/C20H24FNO4/c1-25-15-2-3-16(17(21)9-15)20(24)26-10-18(23)22-19-13-5-11-4-12(7-13)8-14(19)6-11/h2-3,9,11-14,19H,4-8,10H2,1H3,(H,22,23). The topological polar surface area (TPSA) is 64.6 Å². The number of hydrogen-bond donors (Lipinski definition) is 1. The van der Waals surface area contributed by atoms with Gasteiger partial charge in [0.25, 0.3) is 5.91 Å². The molecule has 0 radical (unpaired) electrons. The van der Waals surface area contributed by atoms with Crippen LogP contribution in [0.1, 0.15) is 42.5 Å². The van der Waals surface area contributed by atoms with Gasteiger partial charge in [-0.15, -0.1) is 0 Å². The van der Waals surface area contributed by atoms with E-state index in [1.807, 2.05) is 0 Å². The summed E-state index contributed by atoms with van der Waals surface area (Å²) >= 11 is 0. The summed E-state index contributed by atoms with van der Waals surface area (Å²) in [6, 6.07) is 4.10. The molecular weight excluding hydrogens is 337 g/mol. The van der Waals surface area contributed by atoms with Gasteiger partial charge in [0, 0.05) is 12.1 Å². The fourth-order valence-corrected chi connectivity index (χ4v) is 5.39. The van der Waals surface area contributed by atoms with Gasteiger partial charge >= 0.3 is 5.97 Å². The molecule has 5 rings (SSSR count). The Bertz CT molecular complexity index is 692. The minimum Gasteiger partial charge on any atom is -0.497 e. The monoisotopic (exact) mass is 361 g/mol. The van der Waals surface area contributed by atoms with E-state index in [0.29, 0.717) is 17.6 Å². The van der Waals surface area contributed by atoms with Crippen LogP contribution < -0.4 is 10.1 Å². The zero-order valence-corrected chi connectivity index (χ0v) is 14.9. The molecule has 0 aliphatic heterocycles. The maximum absolute atomic E-state index is 13.9. The summed E-state index contributed by atoms with van der Waals surface area (Å²) in [6.07, 6.45) is 6.17. The van der Waals surface area contributed by atoms with E-state index < -0.39 is 11.8 Å². The van der Waals surface area contributed by atoms with E-state index in [1.165, 1.54) is 51.3 Å². The highest BCUT2D eigenvalue weighted by atomic mass is 19.1. The molecule has 0 aromatic heterocycles. The highest BCUT2D eigenvalue weighted by Gasteiger charge is 2.48. The first kappa shape index (κ1) is 17.3. The number of ether oxygens (including phenoxy) is 2. The molecule has 140 valence electrons. The van der Waals surface area contributed by atoms with Gasteiger partial charge in [0.1, 0.15) is 11.6 Å². The first-order valence-corrected chi connectivity index (χ1v) is 9.33. The van der Waals surface area contributed by atoms with Crippen molar-refractivity contribution < 1.29 is 23.5 Å². The molecule has 6 heteroatoms. The predicted octanol–water partition coefficient (Wildman–Crippen LogP) is 2.93. The van der Waals surface area contributed by atoms with E-state index in [4.69, 9.17) is 9.47 Å². The number of methoxy groups -OCH3 is 1. The molecule has 4 aliphatic carbocycles. The van der Waals surface area contributed by atoms with Crippen molar-refractivity contribution in [3.63, 3.8) is 0 Å². The first-order chi connectivity index (χ1) is 12.5. The lowest BCUT2D eigenvalue weighted by Crippen LogP contribution is -2.56. The number of halogens is 1. The van der Waals surface area contributed by atoms with E-state index in [1.54, 1.807) is 0 Å². The largest absolute Gasteiger partial charge is 0.497 e. The fourth-order valence-electron chi connectivity index (χ4n) is 5.39. The Balaban J connectivity index is 1.31. The molecule has 0 unspecified atom stereocenters. The summed E-state index contributed by atoms with van der Waals surface area (Å²) in [5.74, 6) is 1.24. The van der Waals surface area contributed by atoms with Gasteiger partial charge in [0.2, 0.25) is 0 Å².